The second kappa shape index (κ2) is 12.3. The van der Waals surface area contributed by atoms with Gasteiger partial charge in [0.2, 0.25) is 11.8 Å². The predicted molar refractivity (Wildman–Crippen MR) is 139 cm³/mol. The highest BCUT2D eigenvalue weighted by Gasteiger charge is 2.54. The van der Waals surface area contributed by atoms with Crippen molar-refractivity contribution in [1.29, 1.82) is 5.26 Å². The van der Waals surface area contributed by atoms with Crippen molar-refractivity contribution in [2.45, 2.75) is 62.9 Å². The lowest BCUT2D eigenvalue weighted by Crippen LogP contribution is -2.65. The summed E-state index contributed by atoms with van der Waals surface area (Å²) in [6.45, 7) is 3.36. The van der Waals surface area contributed by atoms with E-state index >= 15 is 0 Å². The number of rotatable bonds is 6. The Kier molecular flexibility index (Phi) is 8.77. The van der Waals surface area contributed by atoms with Crippen molar-refractivity contribution in [3.63, 3.8) is 0 Å². The minimum absolute atomic E-state index is 0.0287. The Labute approximate surface area is 231 Å². The lowest BCUT2D eigenvalue weighted by atomic mass is 9.86. The van der Waals surface area contributed by atoms with Gasteiger partial charge in [-0.25, -0.2) is 10.4 Å². The van der Waals surface area contributed by atoms with Crippen LogP contribution >= 0.6 is 0 Å². The number of hydrogen-bond donors (Lipinski definition) is 2. The molecule has 1 aliphatic carbocycles. The average Bonchev–Trinajstić information content (AvgIpc) is 3.44. The summed E-state index contributed by atoms with van der Waals surface area (Å²) in [5, 5.41) is 8.96. The highest BCUT2D eigenvalue weighted by atomic mass is 19.4. The fourth-order valence-electron chi connectivity index (χ4n) is 6.58. The lowest BCUT2D eigenvalue weighted by Gasteiger charge is -2.41. The van der Waals surface area contributed by atoms with Crippen molar-refractivity contribution in [2.75, 3.05) is 50.8 Å². The maximum Gasteiger partial charge on any atom is 0.402 e. The zero-order valence-electron chi connectivity index (χ0n) is 22.4. The van der Waals surface area contributed by atoms with Crippen molar-refractivity contribution >= 4 is 17.6 Å². The van der Waals surface area contributed by atoms with Crippen molar-refractivity contribution in [2.24, 2.45) is 11.8 Å². The second-order valence-electron chi connectivity index (χ2n) is 11.1. The zero-order valence-corrected chi connectivity index (χ0v) is 22.4. The average molecular weight is 564 g/mol. The lowest BCUT2D eigenvalue weighted by molar-refractivity contribution is -0.202. The maximum atomic E-state index is 13.7. The summed E-state index contributed by atoms with van der Waals surface area (Å²) in [5.41, 5.74) is 5.25. The summed E-state index contributed by atoms with van der Waals surface area (Å²) in [4.78, 5) is 35.6. The Morgan fingerprint density at radius 2 is 1.93 bits per heavy atom. The first kappa shape index (κ1) is 28.6. The van der Waals surface area contributed by atoms with Crippen LogP contribution in [0, 0.1) is 23.2 Å². The number of amides is 2. The summed E-state index contributed by atoms with van der Waals surface area (Å²) < 4.78 is 47.4. The van der Waals surface area contributed by atoms with Crippen LogP contribution in [-0.4, -0.2) is 96.8 Å². The molecule has 5 atom stereocenters. The summed E-state index contributed by atoms with van der Waals surface area (Å²) in [7, 11) is 0. The number of hydrazine groups is 1. The first-order chi connectivity index (χ1) is 19.2. The first-order valence-corrected chi connectivity index (χ1v) is 14.1. The van der Waals surface area contributed by atoms with E-state index in [2.05, 4.69) is 26.8 Å². The minimum Gasteiger partial charge on any atom is -0.377 e. The van der Waals surface area contributed by atoms with E-state index in [0.29, 0.717) is 51.3 Å². The molecular weight excluding hydrogens is 527 g/mol. The largest absolute Gasteiger partial charge is 0.402 e. The Hall–Kier alpha value is -2.95. The van der Waals surface area contributed by atoms with E-state index in [-0.39, 0.29) is 30.5 Å². The Balaban J connectivity index is 1.11. The third-order valence-electron chi connectivity index (χ3n) is 8.68. The molecule has 3 saturated heterocycles. The molecule has 13 heteroatoms. The number of alkyl halides is 3. The number of likely N-dealkylation sites (tertiary alicyclic amines) is 1. The highest BCUT2D eigenvalue weighted by Crippen LogP contribution is 2.36. The molecule has 3 aliphatic heterocycles. The van der Waals surface area contributed by atoms with Crippen molar-refractivity contribution in [3.05, 3.63) is 23.9 Å². The Morgan fingerprint density at radius 1 is 1.12 bits per heavy atom. The molecule has 0 aromatic carbocycles. The number of aromatic nitrogens is 1. The van der Waals surface area contributed by atoms with Gasteiger partial charge in [-0.1, -0.05) is 6.42 Å². The third kappa shape index (κ3) is 6.34. The number of nitrogens with zero attached hydrogens (tertiary/aromatic N) is 5. The fourth-order valence-corrected chi connectivity index (χ4v) is 6.58. The van der Waals surface area contributed by atoms with E-state index in [4.69, 9.17) is 10.00 Å². The first-order valence-electron chi connectivity index (χ1n) is 14.1. The number of carbonyl (C=O) groups excluding carboxylic acids is 2. The monoisotopic (exact) mass is 563 g/mol. The Bertz CT molecular complexity index is 1090. The van der Waals surface area contributed by atoms with Crippen molar-refractivity contribution in [3.8, 4) is 6.07 Å². The van der Waals surface area contributed by atoms with E-state index in [0.717, 1.165) is 37.9 Å². The van der Waals surface area contributed by atoms with E-state index < -0.39 is 24.0 Å². The van der Waals surface area contributed by atoms with Crippen LogP contribution < -0.4 is 15.8 Å². The molecule has 0 radical (unpaired) electrons. The molecule has 40 heavy (non-hydrogen) atoms. The maximum absolute atomic E-state index is 13.7. The molecule has 1 aromatic rings. The van der Waals surface area contributed by atoms with E-state index in [1.807, 2.05) is 11.0 Å². The third-order valence-corrected chi connectivity index (χ3v) is 8.68. The normalized spacial score (nSPS) is 30.1. The van der Waals surface area contributed by atoms with Gasteiger partial charge in [-0.15, -0.1) is 0 Å². The molecule has 2 unspecified atom stereocenters. The Morgan fingerprint density at radius 3 is 2.62 bits per heavy atom. The summed E-state index contributed by atoms with van der Waals surface area (Å²) >= 11 is 0. The molecule has 10 nitrogen and oxygen atoms in total. The van der Waals surface area contributed by atoms with Gasteiger partial charge in [-0.3, -0.25) is 19.9 Å². The second-order valence-corrected chi connectivity index (χ2v) is 11.1. The van der Waals surface area contributed by atoms with Crippen LogP contribution in [0.25, 0.3) is 0 Å². The number of nitrogens with one attached hydrogen (secondary N) is 2. The number of nitriles is 1. The van der Waals surface area contributed by atoms with Gasteiger partial charge in [0.15, 0.2) is 5.92 Å². The molecule has 2 amide bonds. The zero-order chi connectivity index (χ0) is 28.3. The van der Waals surface area contributed by atoms with Gasteiger partial charge in [0, 0.05) is 56.9 Å². The van der Waals surface area contributed by atoms with Crippen LogP contribution in [-0.2, 0) is 14.3 Å². The predicted octanol–water partition coefficient (Wildman–Crippen LogP) is 1.82. The van der Waals surface area contributed by atoms with E-state index in [1.165, 1.54) is 0 Å². The molecule has 4 aliphatic rings. The number of anilines is 1. The van der Waals surface area contributed by atoms with Gasteiger partial charge in [0.1, 0.15) is 11.9 Å². The van der Waals surface area contributed by atoms with Crippen LogP contribution in [0.1, 0.15) is 44.1 Å². The summed E-state index contributed by atoms with van der Waals surface area (Å²) in [6.07, 6.45) is 1.41. The number of halogens is 3. The molecule has 4 heterocycles. The van der Waals surface area contributed by atoms with E-state index in [1.54, 1.807) is 17.2 Å². The van der Waals surface area contributed by atoms with Gasteiger partial charge < -0.3 is 14.5 Å². The molecule has 1 saturated carbocycles. The summed E-state index contributed by atoms with van der Waals surface area (Å²) in [5.74, 6) is -2.31. The molecule has 2 N–H and O–H groups in total. The molecule has 5 rings (SSSR count). The van der Waals surface area contributed by atoms with Crippen LogP contribution in [0.3, 0.4) is 0 Å². The number of hydrogen-bond acceptors (Lipinski definition) is 8. The van der Waals surface area contributed by atoms with Gasteiger partial charge in [0.25, 0.3) is 0 Å². The van der Waals surface area contributed by atoms with E-state index in [9.17, 15) is 22.8 Å². The van der Waals surface area contributed by atoms with Crippen molar-refractivity contribution in [1.82, 2.24) is 25.6 Å². The molecule has 1 aromatic heterocycles. The number of pyridine rings is 1. The quantitative estimate of drug-likeness (QED) is 0.539. The molecular formula is C27H36F3N7O3. The summed E-state index contributed by atoms with van der Waals surface area (Å²) in [6, 6.07) is 4.47. The topological polar surface area (TPSA) is 114 Å². The number of piperazine rings is 1. The number of ether oxygens (including phenoxy) is 1. The van der Waals surface area contributed by atoms with Crippen LogP contribution in [0.15, 0.2) is 18.3 Å². The number of carbonyl (C=O) groups is 2. The van der Waals surface area contributed by atoms with Crippen LogP contribution in [0.5, 0.6) is 0 Å². The van der Waals surface area contributed by atoms with Crippen LogP contribution in [0.2, 0.25) is 0 Å². The van der Waals surface area contributed by atoms with Gasteiger partial charge in [-0.05, 0) is 50.8 Å². The smallest absolute Gasteiger partial charge is 0.377 e. The van der Waals surface area contributed by atoms with Crippen molar-refractivity contribution < 1.29 is 27.5 Å². The molecule has 0 spiro atoms. The molecule has 218 valence electrons. The highest BCUT2D eigenvalue weighted by molar-refractivity contribution is 5.80. The SMILES string of the molecule is N#Cc1ccc(N2CCN(C(=O)[C@@H]3CCC[C@@H](OC[C@@H]4CCCN4C4CNNC(=O)C4C(F)(F)F)C3)CC2)nc1. The molecule has 4 fully saturated rings. The van der Waals surface area contributed by atoms with Gasteiger partial charge >= 0.3 is 6.18 Å². The fraction of sp³-hybridized carbons (Fsp3) is 0.704. The van der Waals surface area contributed by atoms with Gasteiger partial charge in [-0.2, -0.15) is 18.4 Å². The van der Waals surface area contributed by atoms with Gasteiger partial charge in [0.05, 0.1) is 18.3 Å². The minimum atomic E-state index is -4.62. The standard InChI is InChI=1S/C27H36F3N7O3/c28-27(29,30)24-22(16-33-34-25(24)38)37-8-2-4-20(37)17-40-21-5-1-3-19(13-21)26(39)36-11-9-35(10-12-36)23-7-6-18(14-31)15-32-23/h6-7,15,19-22,24,33H,1-5,8-13,16-17H2,(H,34,38)/t19-,20+,21-,22?,24?/m1/s1. The van der Waals surface area contributed by atoms with Crippen LogP contribution in [0.4, 0.5) is 19.0 Å². The molecule has 0 bridgehead atoms.